The Bertz CT molecular complexity index is 1750. The fraction of sp³-hybridized carbons (Fsp3) is 0.161. The van der Waals surface area contributed by atoms with Gasteiger partial charge in [-0.2, -0.15) is 5.10 Å². The van der Waals surface area contributed by atoms with E-state index in [1.165, 1.54) is 6.07 Å². The van der Waals surface area contributed by atoms with Gasteiger partial charge in [0.25, 0.3) is 5.69 Å². The highest BCUT2D eigenvalue weighted by atomic mass is 79.9. The summed E-state index contributed by atoms with van der Waals surface area (Å²) in [5.41, 5.74) is 4.82. The molecular formula is C31H25BrN4O6. The average molecular weight is 629 g/mol. The van der Waals surface area contributed by atoms with Crippen molar-refractivity contribution in [1.82, 2.24) is 0 Å². The molecule has 212 valence electrons. The van der Waals surface area contributed by atoms with Gasteiger partial charge in [-0.1, -0.05) is 64.5 Å². The summed E-state index contributed by atoms with van der Waals surface area (Å²) in [6.45, 7) is 1.89. The van der Waals surface area contributed by atoms with E-state index >= 15 is 0 Å². The zero-order chi connectivity index (χ0) is 29.8. The monoisotopic (exact) mass is 628 g/mol. The molecule has 10 nitrogen and oxygen atoms in total. The number of hydrogen-bond acceptors (Lipinski definition) is 8. The van der Waals surface area contributed by atoms with Crippen LogP contribution in [0.2, 0.25) is 0 Å². The van der Waals surface area contributed by atoms with Gasteiger partial charge in [0, 0.05) is 16.5 Å². The Morgan fingerprint density at radius 2 is 1.71 bits per heavy atom. The van der Waals surface area contributed by atoms with Gasteiger partial charge in [0.1, 0.15) is 11.6 Å². The molecule has 0 aromatic heterocycles. The molecule has 2 atom stereocenters. The predicted molar refractivity (Wildman–Crippen MR) is 164 cm³/mol. The van der Waals surface area contributed by atoms with E-state index in [0.29, 0.717) is 12.1 Å². The molecule has 0 saturated carbocycles. The quantitative estimate of drug-likeness (QED) is 0.120. The van der Waals surface area contributed by atoms with Gasteiger partial charge in [-0.25, -0.2) is 0 Å². The fourth-order valence-electron chi connectivity index (χ4n) is 5.12. The van der Waals surface area contributed by atoms with Crippen LogP contribution in [0.5, 0.6) is 0 Å². The number of nitro benzene ring substituents is 2. The molecule has 0 aliphatic heterocycles. The molecule has 1 aliphatic carbocycles. The molecule has 11 heteroatoms. The van der Waals surface area contributed by atoms with Crippen molar-refractivity contribution in [1.29, 1.82) is 0 Å². The lowest BCUT2D eigenvalue weighted by atomic mass is 9.73. The highest BCUT2D eigenvalue weighted by molar-refractivity contribution is 9.10. The lowest BCUT2D eigenvalue weighted by Gasteiger charge is -2.31. The number of carbonyl (C=O) groups is 1. The first-order chi connectivity index (χ1) is 20.2. The number of hydrazone groups is 1. The summed E-state index contributed by atoms with van der Waals surface area (Å²) in [6, 6.07) is 25.1. The fourth-order valence-corrected chi connectivity index (χ4v) is 5.39. The summed E-state index contributed by atoms with van der Waals surface area (Å²) in [6.07, 6.45) is 2.32. The molecule has 4 aromatic carbocycles. The van der Waals surface area contributed by atoms with Gasteiger partial charge in [-0.3, -0.25) is 30.4 Å². The number of nitro groups is 2. The van der Waals surface area contributed by atoms with Gasteiger partial charge < -0.3 is 4.74 Å². The number of nitrogens with one attached hydrogen (secondary N) is 1. The Labute approximate surface area is 249 Å². The summed E-state index contributed by atoms with van der Waals surface area (Å²) in [5.74, 6) is -1.64. The highest BCUT2D eigenvalue weighted by Gasteiger charge is 2.39. The number of allylic oxidation sites excluding steroid dienone is 2. The molecule has 0 spiro atoms. The Kier molecular flexibility index (Phi) is 8.39. The van der Waals surface area contributed by atoms with Crippen molar-refractivity contribution in [3.8, 4) is 0 Å². The summed E-state index contributed by atoms with van der Waals surface area (Å²) >= 11 is 3.47. The van der Waals surface area contributed by atoms with E-state index in [4.69, 9.17) is 4.74 Å². The van der Waals surface area contributed by atoms with Crippen LogP contribution in [-0.4, -0.2) is 28.1 Å². The van der Waals surface area contributed by atoms with E-state index < -0.39 is 33.1 Å². The van der Waals surface area contributed by atoms with Crippen molar-refractivity contribution in [2.24, 2.45) is 11.0 Å². The number of carbonyl (C=O) groups excluding carboxylic acids is 1. The molecule has 1 aliphatic rings. The second-order valence-electron chi connectivity index (χ2n) is 9.69. The highest BCUT2D eigenvalue weighted by Crippen LogP contribution is 2.42. The Balaban J connectivity index is 1.65. The number of benzene rings is 4. The third kappa shape index (κ3) is 6.06. The largest absolute Gasteiger partial charge is 0.465 e. The number of fused-ring (bicyclic) bond motifs is 1. The van der Waals surface area contributed by atoms with Gasteiger partial charge in [-0.05, 0) is 71.2 Å². The first kappa shape index (κ1) is 28.6. The predicted octanol–water partition coefficient (Wildman–Crippen LogP) is 7.64. The first-order valence-corrected chi connectivity index (χ1v) is 13.9. The number of ether oxygens (including phenoxy) is 1. The number of rotatable bonds is 8. The summed E-state index contributed by atoms with van der Waals surface area (Å²) < 4.78 is 6.36. The van der Waals surface area contributed by atoms with Crippen LogP contribution in [-0.2, 0) is 9.53 Å². The van der Waals surface area contributed by atoms with Crippen molar-refractivity contribution in [3.63, 3.8) is 0 Å². The standard InChI is InChI=1S/C31H25BrN4O6/c1-2-42-31(37)30-26(20-9-11-24(32)12-10-20)16-23(22-8-7-19-5-3-4-6-21(19)15-22)17-28(30)34-33-27-14-13-25(35(38)39)18-29(27)36(40)41/h3-15,17-18,26,30,33H,2,16H2,1H3/b34-28+. The summed E-state index contributed by atoms with van der Waals surface area (Å²) in [4.78, 5) is 34.9. The van der Waals surface area contributed by atoms with Crippen molar-refractivity contribution in [2.45, 2.75) is 19.3 Å². The van der Waals surface area contributed by atoms with Crippen LogP contribution in [0.1, 0.15) is 30.4 Å². The van der Waals surface area contributed by atoms with E-state index in [-0.39, 0.29) is 18.2 Å². The average Bonchev–Trinajstić information content (AvgIpc) is 2.99. The van der Waals surface area contributed by atoms with Crippen molar-refractivity contribution < 1.29 is 19.4 Å². The van der Waals surface area contributed by atoms with Gasteiger partial charge >= 0.3 is 11.7 Å². The number of nitrogens with zero attached hydrogens (tertiary/aromatic N) is 3. The van der Waals surface area contributed by atoms with Crippen LogP contribution < -0.4 is 5.43 Å². The van der Waals surface area contributed by atoms with Crippen LogP contribution >= 0.6 is 15.9 Å². The molecule has 0 radical (unpaired) electrons. The smallest absolute Gasteiger partial charge is 0.315 e. The molecule has 0 heterocycles. The topological polar surface area (TPSA) is 137 Å². The maximum absolute atomic E-state index is 13.4. The molecule has 2 unspecified atom stereocenters. The Morgan fingerprint density at radius 1 is 0.976 bits per heavy atom. The third-order valence-corrected chi connectivity index (χ3v) is 7.66. The molecular weight excluding hydrogens is 604 g/mol. The number of halogens is 1. The van der Waals surface area contributed by atoms with E-state index in [0.717, 1.165) is 44.1 Å². The second kappa shape index (κ2) is 12.3. The number of non-ortho nitro benzene ring substituents is 1. The summed E-state index contributed by atoms with van der Waals surface area (Å²) in [5, 5.41) is 29.5. The van der Waals surface area contributed by atoms with E-state index in [2.05, 4.69) is 32.5 Å². The van der Waals surface area contributed by atoms with Gasteiger partial charge in [0.05, 0.1) is 28.2 Å². The minimum atomic E-state index is -0.820. The second-order valence-corrected chi connectivity index (χ2v) is 10.6. The van der Waals surface area contributed by atoms with Crippen LogP contribution in [0.25, 0.3) is 16.3 Å². The number of esters is 1. The van der Waals surface area contributed by atoms with Gasteiger partial charge in [0.15, 0.2) is 0 Å². The van der Waals surface area contributed by atoms with Gasteiger partial charge in [0.2, 0.25) is 0 Å². The maximum Gasteiger partial charge on any atom is 0.315 e. The molecule has 1 N–H and O–H groups in total. The molecule has 0 bridgehead atoms. The molecule has 0 amide bonds. The minimum Gasteiger partial charge on any atom is -0.465 e. The van der Waals surface area contributed by atoms with Crippen LogP contribution in [0.3, 0.4) is 0 Å². The van der Waals surface area contributed by atoms with Gasteiger partial charge in [-0.15, -0.1) is 0 Å². The van der Waals surface area contributed by atoms with Crippen molar-refractivity contribution in [2.75, 3.05) is 12.0 Å². The first-order valence-electron chi connectivity index (χ1n) is 13.1. The summed E-state index contributed by atoms with van der Waals surface area (Å²) in [7, 11) is 0. The zero-order valence-corrected chi connectivity index (χ0v) is 24.0. The molecule has 0 fully saturated rings. The van der Waals surface area contributed by atoms with Crippen LogP contribution in [0.4, 0.5) is 17.1 Å². The number of anilines is 1. The van der Waals surface area contributed by atoms with E-state index in [9.17, 15) is 25.0 Å². The number of hydrogen-bond donors (Lipinski definition) is 1. The molecule has 0 saturated heterocycles. The molecule has 5 rings (SSSR count). The molecule has 4 aromatic rings. The molecule has 42 heavy (non-hydrogen) atoms. The zero-order valence-electron chi connectivity index (χ0n) is 22.4. The van der Waals surface area contributed by atoms with E-state index in [1.807, 2.05) is 66.7 Å². The lowest BCUT2D eigenvalue weighted by molar-refractivity contribution is -0.393. The SMILES string of the molecule is CCOC(=O)C1/C(=N/Nc2ccc([N+](=O)[O-])cc2[N+](=O)[O-])C=C(c2ccc3ccccc3c2)CC1c1ccc(Br)cc1. The lowest BCUT2D eigenvalue weighted by Crippen LogP contribution is -2.34. The Morgan fingerprint density at radius 3 is 2.40 bits per heavy atom. The normalized spacial score (nSPS) is 17.5. The van der Waals surface area contributed by atoms with E-state index in [1.54, 1.807) is 6.92 Å². The third-order valence-electron chi connectivity index (χ3n) is 7.14. The Hall–Kier alpha value is -4.90. The maximum atomic E-state index is 13.4. The van der Waals surface area contributed by atoms with Crippen LogP contribution in [0.15, 0.2) is 101 Å². The van der Waals surface area contributed by atoms with Crippen molar-refractivity contribution in [3.05, 3.63) is 127 Å². The van der Waals surface area contributed by atoms with Crippen LogP contribution in [0, 0.1) is 26.1 Å². The minimum absolute atomic E-state index is 0.0490. The van der Waals surface area contributed by atoms with Crippen molar-refractivity contribution >= 4 is 61.0 Å².